The minimum absolute atomic E-state index is 0.0280. The van der Waals surface area contributed by atoms with Gasteiger partial charge in [-0.1, -0.05) is 35.9 Å². The van der Waals surface area contributed by atoms with Gasteiger partial charge in [0.15, 0.2) is 0 Å². The molecule has 1 amide bonds. The number of rotatable bonds is 3. The number of carbonyl (C=O) groups excluding carboxylic acids is 1. The molecule has 2 aromatic rings. The summed E-state index contributed by atoms with van der Waals surface area (Å²) in [5, 5.41) is 2.05. The Kier molecular flexibility index (Phi) is 4.36. The lowest BCUT2D eigenvalue weighted by molar-refractivity contribution is -0.138. The van der Waals surface area contributed by atoms with Crippen molar-refractivity contribution in [1.29, 1.82) is 0 Å². The maximum atomic E-state index is 12.5. The highest BCUT2D eigenvalue weighted by atomic mass is 32.1. The quantitative estimate of drug-likeness (QED) is 0.871. The highest BCUT2D eigenvalue weighted by Gasteiger charge is 2.25. The molecule has 1 aromatic carbocycles. The summed E-state index contributed by atoms with van der Waals surface area (Å²) in [5.74, 6) is 0.186. The third kappa shape index (κ3) is 3.52. The highest BCUT2D eigenvalue weighted by Crippen LogP contribution is 2.26. The van der Waals surface area contributed by atoms with E-state index in [2.05, 4.69) is 25.1 Å². The zero-order valence-corrected chi connectivity index (χ0v) is 12.9. The topological polar surface area (TPSA) is 29.5 Å². The van der Waals surface area contributed by atoms with Gasteiger partial charge in [0, 0.05) is 11.4 Å². The van der Waals surface area contributed by atoms with Crippen LogP contribution in [0.5, 0.6) is 0 Å². The number of hydrogen-bond donors (Lipinski definition) is 0. The fourth-order valence-corrected chi connectivity index (χ4v) is 3.40. The first-order chi connectivity index (χ1) is 10.2. The predicted octanol–water partition coefficient (Wildman–Crippen LogP) is 3.20. The van der Waals surface area contributed by atoms with Crippen molar-refractivity contribution in [2.24, 2.45) is 0 Å². The van der Waals surface area contributed by atoms with Crippen LogP contribution in [0.25, 0.3) is 0 Å². The number of nitrogens with zero attached hydrogens (tertiary/aromatic N) is 1. The molecule has 0 bridgehead atoms. The van der Waals surface area contributed by atoms with Gasteiger partial charge >= 0.3 is 0 Å². The number of ether oxygens (including phenoxy) is 1. The molecular formula is C17H19NO2S. The van der Waals surface area contributed by atoms with Gasteiger partial charge in [-0.25, -0.2) is 0 Å². The van der Waals surface area contributed by atoms with Crippen LogP contribution in [0.15, 0.2) is 41.8 Å². The van der Waals surface area contributed by atoms with Crippen molar-refractivity contribution >= 4 is 17.2 Å². The Labute approximate surface area is 129 Å². The fourth-order valence-electron chi connectivity index (χ4n) is 2.63. The zero-order valence-electron chi connectivity index (χ0n) is 12.1. The molecule has 3 nitrogen and oxygen atoms in total. The number of benzene rings is 1. The van der Waals surface area contributed by atoms with Gasteiger partial charge in [-0.15, -0.1) is 11.3 Å². The first-order valence-electron chi connectivity index (χ1n) is 7.21. The Morgan fingerprint density at radius 1 is 1.38 bits per heavy atom. The number of aryl methyl sites for hydroxylation is 1. The Morgan fingerprint density at radius 3 is 3.05 bits per heavy atom. The van der Waals surface area contributed by atoms with Crippen molar-refractivity contribution in [3.8, 4) is 0 Å². The smallest absolute Gasteiger partial charge is 0.227 e. The Morgan fingerprint density at radius 2 is 2.29 bits per heavy atom. The molecule has 3 rings (SSSR count). The number of hydrogen-bond acceptors (Lipinski definition) is 3. The number of carbonyl (C=O) groups is 1. The van der Waals surface area contributed by atoms with Crippen molar-refractivity contribution in [1.82, 2.24) is 4.90 Å². The standard InChI is InChI=1S/C17H19NO2S/c1-13-4-2-5-14(10-13)11-17(19)18-7-8-20-15(12-18)16-6-3-9-21-16/h2-6,9-10,15H,7-8,11-12H2,1H3/t15-/m0/s1. The average Bonchev–Trinajstić information content (AvgIpc) is 3.02. The summed E-state index contributed by atoms with van der Waals surface area (Å²) >= 11 is 1.69. The van der Waals surface area contributed by atoms with E-state index in [0.717, 1.165) is 5.56 Å². The van der Waals surface area contributed by atoms with Crippen LogP contribution in [0.4, 0.5) is 0 Å². The van der Waals surface area contributed by atoms with E-state index in [0.29, 0.717) is 26.1 Å². The van der Waals surface area contributed by atoms with Crippen molar-refractivity contribution in [3.63, 3.8) is 0 Å². The second-order valence-electron chi connectivity index (χ2n) is 5.38. The Hall–Kier alpha value is -1.65. The molecule has 21 heavy (non-hydrogen) atoms. The van der Waals surface area contributed by atoms with Gasteiger partial charge in [-0.3, -0.25) is 4.79 Å². The molecule has 2 heterocycles. The van der Waals surface area contributed by atoms with Gasteiger partial charge in [-0.05, 0) is 23.9 Å². The summed E-state index contributed by atoms with van der Waals surface area (Å²) in [7, 11) is 0. The van der Waals surface area contributed by atoms with Crippen LogP contribution in [0.3, 0.4) is 0 Å². The van der Waals surface area contributed by atoms with E-state index in [9.17, 15) is 4.79 Å². The molecule has 0 unspecified atom stereocenters. The van der Waals surface area contributed by atoms with E-state index in [4.69, 9.17) is 4.74 Å². The molecule has 0 spiro atoms. The van der Waals surface area contributed by atoms with Crippen LogP contribution in [-0.2, 0) is 16.0 Å². The molecule has 0 aliphatic carbocycles. The zero-order chi connectivity index (χ0) is 14.7. The van der Waals surface area contributed by atoms with Crippen LogP contribution in [-0.4, -0.2) is 30.5 Å². The second-order valence-corrected chi connectivity index (χ2v) is 6.36. The Balaban J connectivity index is 1.64. The van der Waals surface area contributed by atoms with Gasteiger partial charge in [-0.2, -0.15) is 0 Å². The summed E-state index contributed by atoms with van der Waals surface area (Å²) < 4.78 is 5.79. The van der Waals surface area contributed by atoms with E-state index in [1.807, 2.05) is 28.5 Å². The van der Waals surface area contributed by atoms with E-state index < -0.39 is 0 Å². The van der Waals surface area contributed by atoms with Crippen molar-refractivity contribution in [2.45, 2.75) is 19.4 Å². The molecule has 4 heteroatoms. The number of morpholine rings is 1. The molecule has 110 valence electrons. The average molecular weight is 301 g/mol. The van der Waals surface area contributed by atoms with Crippen LogP contribution < -0.4 is 0 Å². The van der Waals surface area contributed by atoms with Crippen molar-refractivity contribution < 1.29 is 9.53 Å². The molecule has 1 atom stereocenters. The lowest BCUT2D eigenvalue weighted by atomic mass is 10.1. The molecule has 0 N–H and O–H groups in total. The highest BCUT2D eigenvalue weighted by molar-refractivity contribution is 7.10. The summed E-state index contributed by atoms with van der Waals surface area (Å²) in [6, 6.07) is 12.2. The summed E-state index contributed by atoms with van der Waals surface area (Å²) in [5.41, 5.74) is 2.28. The fraction of sp³-hybridized carbons (Fsp3) is 0.353. The molecular weight excluding hydrogens is 282 g/mol. The molecule has 0 saturated carbocycles. The predicted molar refractivity (Wildman–Crippen MR) is 84.5 cm³/mol. The van der Waals surface area contributed by atoms with E-state index in [1.165, 1.54) is 10.4 Å². The van der Waals surface area contributed by atoms with Gasteiger partial charge in [0.2, 0.25) is 5.91 Å². The SMILES string of the molecule is Cc1cccc(CC(=O)N2CCO[C@H](c3cccs3)C2)c1. The van der Waals surface area contributed by atoms with Crippen LogP contribution in [0.1, 0.15) is 22.1 Å². The lowest BCUT2D eigenvalue weighted by Gasteiger charge is -2.32. The van der Waals surface area contributed by atoms with Gasteiger partial charge in [0.05, 0.1) is 19.6 Å². The van der Waals surface area contributed by atoms with E-state index >= 15 is 0 Å². The van der Waals surface area contributed by atoms with E-state index in [-0.39, 0.29) is 12.0 Å². The van der Waals surface area contributed by atoms with Crippen molar-refractivity contribution in [3.05, 3.63) is 57.8 Å². The molecule has 1 saturated heterocycles. The molecule has 1 fully saturated rings. The van der Waals surface area contributed by atoms with Gasteiger partial charge < -0.3 is 9.64 Å². The van der Waals surface area contributed by atoms with Crippen LogP contribution in [0, 0.1) is 6.92 Å². The Bertz CT molecular complexity index is 609. The van der Waals surface area contributed by atoms with Gasteiger partial charge in [0.1, 0.15) is 6.10 Å². The minimum Gasteiger partial charge on any atom is -0.369 e. The number of amides is 1. The summed E-state index contributed by atoms with van der Waals surface area (Å²) in [6.07, 6.45) is 0.499. The monoisotopic (exact) mass is 301 g/mol. The van der Waals surface area contributed by atoms with Crippen LogP contribution in [0.2, 0.25) is 0 Å². The third-order valence-corrected chi connectivity index (χ3v) is 4.68. The third-order valence-electron chi connectivity index (χ3n) is 3.72. The minimum atomic E-state index is 0.0280. The lowest BCUT2D eigenvalue weighted by Crippen LogP contribution is -2.42. The van der Waals surface area contributed by atoms with E-state index in [1.54, 1.807) is 11.3 Å². The number of thiophene rings is 1. The molecule has 1 aliphatic heterocycles. The first-order valence-corrected chi connectivity index (χ1v) is 8.08. The largest absolute Gasteiger partial charge is 0.369 e. The van der Waals surface area contributed by atoms with Crippen LogP contribution >= 0.6 is 11.3 Å². The first kappa shape index (κ1) is 14.3. The molecule has 1 aliphatic rings. The molecule has 0 radical (unpaired) electrons. The molecule has 1 aromatic heterocycles. The summed E-state index contributed by atoms with van der Waals surface area (Å²) in [4.78, 5) is 15.6. The summed E-state index contributed by atoms with van der Waals surface area (Å²) in [6.45, 7) is 4.01. The maximum absolute atomic E-state index is 12.5. The maximum Gasteiger partial charge on any atom is 0.227 e. The normalized spacial score (nSPS) is 18.7. The second kappa shape index (κ2) is 6.41. The van der Waals surface area contributed by atoms with Crippen molar-refractivity contribution in [2.75, 3.05) is 19.7 Å². The van der Waals surface area contributed by atoms with Gasteiger partial charge in [0.25, 0.3) is 0 Å².